The van der Waals surface area contributed by atoms with E-state index in [-0.39, 0.29) is 0 Å². The summed E-state index contributed by atoms with van der Waals surface area (Å²) in [7, 11) is 0. The normalized spacial score (nSPS) is 21.6. The van der Waals surface area contributed by atoms with Crippen molar-refractivity contribution in [3.8, 4) is 0 Å². The van der Waals surface area contributed by atoms with Crippen LogP contribution in [-0.2, 0) is 4.74 Å². The van der Waals surface area contributed by atoms with Crippen molar-refractivity contribution in [2.75, 3.05) is 6.61 Å². The van der Waals surface area contributed by atoms with Crippen molar-refractivity contribution in [1.82, 2.24) is 0 Å². The van der Waals surface area contributed by atoms with Gasteiger partial charge in [-0.25, -0.2) is 0 Å². The van der Waals surface area contributed by atoms with Gasteiger partial charge in [-0.05, 0) is 39.0 Å². The summed E-state index contributed by atoms with van der Waals surface area (Å²) < 4.78 is 5.83. The van der Waals surface area contributed by atoms with E-state index in [9.17, 15) is 0 Å². The van der Waals surface area contributed by atoms with Crippen LogP contribution in [0.2, 0.25) is 0 Å². The average Bonchev–Trinajstić information content (AvgIpc) is 2.25. The zero-order valence-electron chi connectivity index (χ0n) is 9.67. The molecule has 0 spiro atoms. The molecular formula is C13H24O. The molecule has 1 atom stereocenters. The van der Waals surface area contributed by atoms with E-state index in [0.29, 0.717) is 6.10 Å². The molecule has 0 heterocycles. The van der Waals surface area contributed by atoms with Crippen LogP contribution in [0.1, 0.15) is 52.4 Å². The van der Waals surface area contributed by atoms with E-state index in [1.807, 2.05) is 0 Å². The van der Waals surface area contributed by atoms with Gasteiger partial charge in [-0.2, -0.15) is 0 Å². The minimum atomic E-state index is 0.396. The number of allylic oxidation sites excluding steroid dienone is 1. The zero-order valence-corrected chi connectivity index (χ0v) is 9.67. The summed E-state index contributed by atoms with van der Waals surface area (Å²) in [5, 5.41) is 0. The van der Waals surface area contributed by atoms with E-state index in [1.54, 1.807) is 0 Å². The predicted octanol–water partition coefficient (Wildman–Crippen LogP) is 3.94. The van der Waals surface area contributed by atoms with Gasteiger partial charge in [0, 0.05) is 6.61 Å². The molecule has 0 radical (unpaired) electrons. The zero-order chi connectivity index (χ0) is 10.2. The standard InChI is InChI=1S/C13H24O/c1-3-4-8-12(2)14-11-13-9-6-5-7-10-13/h3-4,12-13H,5-11H2,1-2H3/b4-3-. The molecule has 1 fully saturated rings. The third kappa shape index (κ3) is 4.80. The Morgan fingerprint density at radius 1 is 1.29 bits per heavy atom. The first-order chi connectivity index (χ1) is 6.83. The van der Waals surface area contributed by atoms with Gasteiger partial charge in [0.2, 0.25) is 0 Å². The van der Waals surface area contributed by atoms with Crippen LogP contribution in [0.15, 0.2) is 12.2 Å². The van der Waals surface area contributed by atoms with E-state index in [1.165, 1.54) is 32.1 Å². The van der Waals surface area contributed by atoms with Gasteiger partial charge in [0.25, 0.3) is 0 Å². The second-order valence-electron chi connectivity index (χ2n) is 4.45. The molecule has 1 rings (SSSR count). The minimum absolute atomic E-state index is 0.396. The second-order valence-corrected chi connectivity index (χ2v) is 4.45. The van der Waals surface area contributed by atoms with Crippen LogP contribution in [0.5, 0.6) is 0 Å². The largest absolute Gasteiger partial charge is 0.378 e. The summed E-state index contributed by atoms with van der Waals surface area (Å²) in [6.07, 6.45) is 12.8. The van der Waals surface area contributed by atoms with Crippen molar-refractivity contribution < 1.29 is 4.74 Å². The van der Waals surface area contributed by atoms with Crippen LogP contribution in [0, 0.1) is 5.92 Å². The number of ether oxygens (including phenoxy) is 1. The fourth-order valence-corrected chi connectivity index (χ4v) is 2.05. The molecule has 1 heteroatoms. The summed E-state index contributed by atoms with van der Waals surface area (Å²) in [6.45, 7) is 5.22. The summed E-state index contributed by atoms with van der Waals surface area (Å²) in [5.41, 5.74) is 0. The van der Waals surface area contributed by atoms with E-state index < -0.39 is 0 Å². The van der Waals surface area contributed by atoms with Gasteiger partial charge in [-0.15, -0.1) is 0 Å². The van der Waals surface area contributed by atoms with Gasteiger partial charge in [-0.1, -0.05) is 31.4 Å². The lowest BCUT2D eigenvalue weighted by molar-refractivity contribution is 0.0329. The summed E-state index contributed by atoms with van der Waals surface area (Å²) in [5.74, 6) is 0.844. The topological polar surface area (TPSA) is 9.23 Å². The van der Waals surface area contributed by atoms with E-state index in [0.717, 1.165) is 18.9 Å². The number of hydrogen-bond donors (Lipinski definition) is 0. The third-order valence-electron chi connectivity index (χ3n) is 3.04. The lowest BCUT2D eigenvalue weighted by Gasteiger charge is -2.23. The van der Waals surface area contributed by atoms with Gasteiger partial charge in [0.1, 0.15) is 0 Å². The van der Waals surface area contributed by atoms with Crippen molar-refractivity contribution in [2.24, 2.45) is 5.92 Å². The third-order valence-corrected chi connectivity index (χ3v) is 3.04. The Balaban J connectivity index is 2.06. The van der Waals surface area contributed by atoms with Crippen LogP contribution < -0.4 is 0 Å². The first-order valence-corrected chi connectivity index (χ1v) is 6.05. The average molecular weight is 196 g/mol. The SMILES string of the molecule is C/C=C\CC(C)OCC1CCCCC1. The predicted molar refractivity (Wildman–Crippen MR) is 61.4 cm³/mol. The molecule has 1 saturated carbocycles. The second kappa shape index (κ2) is 7.05. The lowest BCUT2D eigenvalue weighted by Crippen LogP contribution is -2.17. The molecule has 14 heavy (non-hydrogen) atoms. The van der Waals surface area contributed by atoms with Crippen molar-refractivity contribution in [3.05, 3.63) is 12.2 Å². The maximum atomic E-state index is 5.83. The maximum absolute atomic E-state index is 5.83. The Morgan fingerprint density at radius 2 is 2.00 bits per heavy atom. The maximum Gasteiger partial charge on any atom is 0.0581 e. The molecule has 0 aliphatic heterocycles. The summed E-state index contributed by atoms with van der Waals surface area (Å²) in [4.78, 5) is 0. The molecule has 1 aliphatic carbocycles. The quantitative estimate of drug-likeness (QED) is 0.605. The van der Waals surface area contributed by atoms with Crippen LogP contribution in [-0.4, -0.2) is 12.7 Å². The molecule has 0 aromatic carbocycles. The summed E-state index contributed by atoms with van der Waals surface area (Å²) in [6, 6.07) is 0. The van der Waals surface area contributed by atoms with E-state index in [2.05, 4.69) is 26.0 Å². The highest BCUT2D eigenvalue weighted by molar-refractivity contribution is 4.79. The first-order valence-electron chi connectivity index (χ1n) is 6.05. The van der Waals surface area contributed by atoms with Crippen molar-refractivity contribution in [1.29, 1.82) is 0 Å². The Bertz CT molecular complexity index is 157. The van der Waals surface area contributed by atoms with Crippen molar-refractivity contribution in [2.45, 2.75) is 58.5 Å². The Morgan fingerprint density at radius 3 is 2.64 bits per heavy atom. The van der Waals surface area contributed by atoms with Gasteiger partial charge >= 0.3 is 0 Å². The molecule has 0 saturated heterocycles. The lowest BCUT2D eigenvalue weighted by atomic mass is 9.90. The van der Waals surface area contributed by atoms with Crippen LogP contribution in [0.3, 0.4) is 0 Å². The highest BCUT2D eigenvalue weighted by atomic mass is 16.5. The van der Waals surface area contributed by atoms with Gasteiger partial charge in [0.05, 0.1) is 6.10 Å². The number of rotatable bonds is 5. The molecule has 1 nitrogen and oxygen atoms in total. The monoisotopic (exact) mass is 196 g/mol. The number of hydrogen-bond acceptors (Lipinski definition) is 1. The van der Waals surface area contributed by atoms with Crippen LogP contribution in [0.25, 0.3) is 0 Å². The minimum Gasteiger partial charge on any atom is -0.378 e. The van der Waals surface area contributed by atoms with Crippen molar-refractivity contribution >= 4 is 0 Å². The fourth-order valence-electron chi connectivity index (χ4n) is 2.05. The fraction of sp³-hybridized carbons (Fsp3) is 0.846. The molecular weight excluding hydrogens is 172 g/mol. The van der Waals surface area contributed by atoms with Crippen molar-refractivity contribution in [3.63, 3.8) is 0 Å². The Labute approximate surface area is 88.5 Å². The summed E-state index contributed by atoms with van der Waals surface area (Å²) >= 11 is 0. The van der Waals surface area contributed by atoms with Crippen LogP contribution >= 0.6 is 0 Å². The molecule has 1 unspecified atom stereocenters. The molecule has 0 aromatic heterocycles. The molecule has 0 bridgehead atoms. The highest BCUT2D eigenvalue weighted by Crippen LogP contribution is 2.24. The Hall–Kier alpha value is -0.300. The van der Waals surface area contributed by atoms with E-state index in [4.69, 9.17) is 4.74 Å². The first kappa shape index (κ1) is 11.8. The Kier molecular flexibility index (Phi) is 5.93. The van der Waals surface area contributed by atoms with Crippen LogP contribution in [0.4, 0.5) is 0 Å². The van der Waals surface area contributed by atoms with Gasteiger partial charge in [0.15, 0.2) is 0 Å². The smallest absolute Gasteiger partial charge is 0.0581 e. The molecule has 0 aromatic rings. The van der Waals surface area contributed by atoms with Gasteiger partial charge in [-0.3, -0.25) is 0 Å². The van der Waals surface area contributed by atoms with E-state index >= 15 is 0 Å². The molecule has 0 N–H and O–H groups in total. The molecule has 82 valence electrons. The molecule has 1 aliphatic rings. The molecule has 0 amide bonds. The van der Waals surface area contributed by atoms with Gasteiger partial charge < -0.3 is 4.74 Å². The highest BCUT2D eigenvalue weighted by Gasteiger charge is 2.14.